The number of nitrogens with zero attached hydrogens (tertiary/aromatic N) is 3. The van der Waals surface area contributed by atoms with Crippen molar-refractivity contribution < 1.29 is 23.5 Å². The Bertz CT molecular complexity index is 1420. The van der Waals surface area contributed by atoms with Gasteiger partial charge in [0.25, 0.3) is 11.1 Å². The minimum absolute atomic E-state index is 0.0874. The molecule has 3 heterocycles. The van der Waals surface area contributed by atoms with E-state index in [9.17, 15) is 18.8 Å². The molecule has 3 amide bonds. The SMILES string of the molecule is CCc1cccc2c(/C=C3\SC(=O)N(CCOc4ccc(F)cc4)C3=O)cn(CC(=O)N3CCC(C)CC3)c12. The number of imide groups is 1. The van der Waals surface area contributed by atoms with Crippen molar-refractivity contribution in [1.82, 2.24) is 14.4 Å². The minimum Gasteiger partial charge on any atom is -0.492 e. The fraction of sp³-hybridized carbons (Fsp3) is 0.367. The number of aryl methyl sites for hydroxylation is 1. The summed E-state index contributed by atoms with van der Waals surface area (Å²) in [6.07, 6.45) is 6.51. The third-order valence-electron chi connectivity index (χ3n) is 7.39. The van der Waals surface area contributed by atoms with Crippen molar-refractivity contribution in [2.75, 3.05) is 26.2 Å². The van der Waals surface area contributed by atoms with Crippen LogP contribution in [0.1, 0.15) is 37.8 Å². The van der Waals surface area contributed by atoms with Crippen molar-refractivity contribution in [3.05, 3.63) is 70.5 Å². The van der Waals surface area contributed by atoms with E-state index in [1.54, 1.807) is 6.08 Å². The van der Waals surface area contributed by atoms with E-state index in [2.05, 4.69) is 19.9 Å². The fourth-order valence-corrected chi connectivity index (χ4v) is 5.97. The number of ether oxygens (including phenoxy) is 1. The van der Waals surface area contributed by atoms with Gasteiger partial charge in [-0.2, -0.15) is 0 Å². The number of benzene rings is 2. The molecule has 7 nitrogen and oxygen atoms in total. The lowest BCUT2D eigenvalue weighted by Crippen LogP contribution is -2.39. The van der Waals surface area contributed by atoms with Crippen molar-refractivity contribution in [2.24, 2.45) is 5.92 Å². The Kier molecular flexibility index (Phi) is 8.07. The number of carbonyl (C=O) groups is 3. The van der Waals surface area contributed by atoms with Crippen molar-refractivity contribution in [3.63, 3.8) is 0 Å². The number of amides is 3. The number of piperidine rings is 1. The van der Waals surface area contributed by atoms with Crippen LogP contribution < -0.4 is 4.74 Å². The molecular formula is C30H32FN3O4S. The Balaban J connectivity index is 1.35. The summed E-state index contributed by atoms with van der Waals surface area (Å²) in [6.45, 7) is 6.30. The smallest absolute Gasteiger partial charge is 0.293 e. The molecule has 1 aromatic heterocycles. The fourth-order valence-electron chi connectivity index (χ4n) is 5.11. The van der Waals surface area contributed by atoms with Crippen LogP contribution in [0.3, 0.4) is 0 Å². The molecule has 3 aromatic rings. The second-order valence-electron chi connectivity index (χ2n) is 10.1. The Morgan fingerprint density at radius 1 is 1.13 bits per heavy atom. The summed E-state index contributed by atoms with van der Waals surface area (Å²) in [5.74, 6) is 0.462. The molecule has 0 radical (unpaired) electrons. The van der Waals surface area contributed by atoms with Gasteiger partial charge in [0.15, 0.2) is 0 Å². The van der Waals surface area contributed by atoms with Gasteiger partial charge in [-0.05, 0) is 72.8 Å². The number of para-hydroxylation sites is 1. The molecule has 2 aliphatic rings. The van der Waals surface area contributed by atoms with Crippen molar-refractivity contribution in [3.8, 4) is 5.75 Å². The summed E-state index contributed by atoms with van der Waals surface area (Å²) in [5.41, 5.74) is 2.91. The van der Waals surface area contributed by atoms with E-state index < -0.39 is 0 Å². The van der Waals surface area contributed by atoms with Gasteiger partial charge in [0.05, 0.1) is 17.0 Å². The number of fused-ring (bicyclic) bond motifs is 1. The second kappa shape index (κ2) is 11.7. The molecule has 0 aliphatic carbocycles. The first-order chi connectivity index (χ1) is 18.8. The number of hydrogen-bond donors (Lipinski definition) is 0. The molecular weight excluding hydrogens is 517 g/mol. The maximum Gasteiger partial charge on any atom is 0.293 e. The summed E-state index contributed by atoms with van der Waals surface area (Å²) < 4.78 is 20.7. The van der Waals surface area contributed by atoms with E-state index in [0.29, 0.717) is 16.6 Å². The monoisotopic (exact) mass is 549 g/mol. The van der Waals surface area contributed by atoms with Crippen LogP contribution in [-0.2, 0) is 22.6 Å². The zero-order valence-electron chi connectivity index (χ0n) is 22.2. The van der Waals surface area contributed by atoms with Gasteiger partial charge >= 0.3 is 0 Å². The Hall–Kier alpha value is -3.59. The van der Waals surface area contributed by atoms with Crippen LogP contribution in [0.4, 0.5) is 9.18 Å². The van der Waals surface area contributed by atoms with Crippen LogP contribution in [0.15, 0.2) is 53.6 Å². The number of carbonyl (C=O) groups excluding carboxylic acids is 3. The molecule has 0 unspecified atom stereocenters. The van der Waals surface area contributed by atoms with Crippen LogP contribution in [0.2, 0.25) is 0 Å². The number of thioether (sulfide) groups is 1. The van der Waals surface area contributed by atoms with E-state index in [-0.39, 0.29) is 42.6 Å². The number of halogens is 1. The lowest BCUT2D eigenvalue weighted by Gasteiger charge is -2.30. The molecule has 0 spiro atoms. The molecule has 2 aromatic carbocycles. The van der Waals surface area contributed by atoms with Crippen LogP contribution in [0.25, 0.3) is 17.0 Å². The van der Waals surface area contributed by atoms with Gasteiger partial charge in [-0.15, -0.1) is 0 Å². The first kappa shape index (κ1) is 27.0. The van der Waals surface area contributed by atoms with Gasteiger partial charge in [0.2, 0.25) is 5.91 Å². The zero-order valence-corrected chi connectivity index (χ0v) is 23.0. The largest absolute Gasteiger partial charge is 0.492 e. The second-order valence-corrected chi connectivity index (χ2v) is 11.1. The molecule has 39 heavy (non-hydrogen) atoms. The van der Waals surface area contributed by atoms with E-state index in [0.717, 1.165) is 71.0 Å². The number of rotatable bonds is 8. The lowest BCUT2D eigenvalue weighted by molar-refractivity contribution is -0.133. The van der Waals surface area contributed by atoms with E-state index in [1.165, 1.54) is 24.3 Å². The maximum atomic E-state index is 13.2. The highest BCUT2D eigenvalue weighted by Gasteiger charge is 2.35. The number of likely N-dealkylation sites (tertiary alicyclic amines) is 1. The molecule has 5 rings (SSSR count). The van der Waals surface area contributed by atoms with Crippen molar-refractivity contribution in [1.29, 1.82) is 0 Å². The third kappa shape index (κ3) is 5.88. The predicted molar refractivity (Wildman–Crippen MR) is 151 cm³/mol. The van der Waals surface area contributed by atoms with Crippen molar-refractivity contribution >= 4 is 45.8 Å². The number of aromatic nitrogens is 1. The highest BCUT2D eigenvalue weighted by molar-refractivity contribution is 8.18. The summed E-state index contributed by atoms with van der Waals surface area (Å²) >= 11 is 0.898. The van der Waals surface area contributed by atoms with Crippen molar-refractivity contribution in [2.45, 2.75) is 39.7 Å². The molecule has 2 aliphatic heterocycles. The van der Waals surface area contributed by atoms with Crippen LogP contribution in [0, 0.1) is 11.7 Å². The minimum atomic E-state index is -0.376. The standard InChI is InChI=1S/C30H32FN3O4S/c1-3-21-5-4-6-25-22(18-33(28(21)25)19-27(35)32-13-11-20(2)12-14-32)17-26-29(36)34(30(37)39-26)15-16-38-24-9-7-23(31)8-10-24/h4-10,17-18,20H,3,11-16,19H2,1-2H3/b26-17-. The molecule has 2 fully saturated rings. The van der Waals surface area contributed by atoms with Gasteiger partial charge in [0, 0.05) is 30.2 Å². The molecule has 2 saturated heterocycles. The van der Waals surface area contributed by atoms with Gasteiger partial charge in [-0.3, -0.25) is 19.3 Å². The van der Waals surface area contributed by atoms with E-state index in [1.807, 2.05) is 27.8 Å². The highest BCUT2D eigenvalue weighted by Crippen LogP contribution is 2.35. The Morgan fingerprint density at radius 2 is 1.87 bits per heavy atom. The average Bonchev–Trinajstić information content (AvgIpc) is 3.41. The average molecular weight is 550 g/mol. The molecule has 0 atom stereocenters. The van der Waals surface area contributed by atoms with Crippen LogP contribution in [0.5, 0.6) is 5.75 Å². The van der Waals surface area contributed by atoms with E-state index >= 15 is 0 Å². The van der Waals surface area contributed by atoms with E-state index in [4.69, 9.17) is 4.74 Å². The molecule has 0 bridgehead atoms. The first-order valence-corrected chi connectivity index (χ1v) is 14.2. The molecule has 0 N–H and O–H groups in total. The maximum absolute atomic E-state index is 13.2. The molecule has 0 saturated carbocycles. The summed E-state index contributed by atoms with van der Waals surface area (Å²) in [5, 5.41) is 0.585. The number of hydrogen-bond acceptors (Lipinski definition) is 5. The lowest BCUT2D eigenvalue weighted by atomic mass is 9.99. The first-order valence-electron chi connectivity index (χ1n) is 13.4. The van der Waals surface area contributed by atoms with Gasteiger partial charge in [-0.1, -0.05) is 32.0 Å². The summed E-state index contributed by atoms with van der Waals surface area (Å²) in [4.78, 5) is 42.4. The topological polar surface area (TPSA) is 71.8 Å². The summed E-state index contributed by atoms with van der Waals surface area (Å²) in [7, 11) is 0. The molecule has 9 heteroatoms. The van der Waals surface area contributed by atoms with Crippen LogP contribution in [-0.4, -0.2) is 57.7 Å². The Morgan fingerprint density at radius 3 is 2.59 bits per heavy atom. The Labute approximate surface area is 231 Å². The quantitative estimate of drug-likeness (QED) is 0.336. The van der Waals surface area contributed by atoms with Crippen LogP contribution >= 0.6 is 11.8 Å². The zero-order chi connectivity index (χ0) is 27.5. The highest BCUT2D eigenvalue weighted by atomic mass is 32.2. The predicted octanol–water partition coefficient (Wildman–Crippen LogP) is 5.72. The van der Waals surface area contributed by atoms with Gasteiger partial charge in [0.1, 0.15) is 24.7 Å². The molecule has 204 valence electrons. The van der Waals surface area contributed by atoms with Gasteiger partial charge < -0.3 is 14.2 Å². The summed E-state index contributed by atoms with van der Waals surface area (Å²) in [6, 6.07) is 11.6. The van der Waals surface area contributed by atoms with Gasteiger partial charge in [-0.25, -0.2) is 4.39 Å². The normalized spacial score (nSPS) is 17.6. The third-order valence-corrected chi connectivity index (χ3v) is 8.30.